The van der Waals surface area contributed by atoms with E-state index in [2.05, 4.69) is 28.9 Å². The monoisotopic (exact) mass is 154 g/mol. The molecule has 1 heterocycles. The molecular weight excluding hydrogens is 144 g/mol. The summed E-state index contributed by atoms with van der Waals surface area (Å²) in [5, 5.41) is 5.97. The number of thiophene rings is 1. The summed E-state index contributed by atoms with van der Waals surface area (Å²) in [4.78, 5) is 1.22. The van der Waals surface area contributed by atoms with E-state index >= 15 is 0 Å². The molecule has 0 saturated carbocycles. The Bertz CT molecular complexity index is 227. The quantitative estimate of drug-likeness (QED) is 0.508. The van der Waals surface area contributed by atoms with Gasteiger partial charge in [-0.25, -0.2) is 0 Å². The third-order valence-corrected chi connectivity index (χ3v) is 2.17. The van der Waals surface area contributed by atoms with Gasteiger partial charge >= 0.3 is 0 Å². The van der Waals surface area contributed by atoms with Gasteiger partial charge in [0.15, 0.2) is 0 Å². The first kappa shape index (κ1) is 7.28. The molecule has 0 unspecified atom stereocenters. The van der Waals surface area contributed by atoms with Gasteiger partial charge in [0.2, 0.25) is 0 Å². The maximum Gasteiger partial charge on any atom is 0.0642 e. The van der Waals surface area contributed by atoms with E-state index in [-0.39, 0.29) is 0 Å². The van der Waals surface area contributed by atoms with Gasteiger partial charge in [-0.1, -0.05) is 0 Å². The summed E-state index contributed by atoms with van der Waals surface area (Å²) in [5.41, 5.74) is 3.99. The number of nitrogens with zero attached hydrogens (tertiary/aromatic N) is 1. The van der Waals surface area contributed by atoms with Crippen LogP contribution in [0.2, 0.25) is 0 Å². The second-order valence-electron chi connectivity index (χ2n) is 1.95. The molecule has 0 aliphatic carbocycles. The van der Waals surface area contributed by atoms with Crippen molar-refractivity contribution in [2.24, 2.45) is 5.10 Å². The van der Waals surface area contributed by atoms with Gasteiger partial charge in [0.05, 0.1) is 6.21 Å². The molecule has 54 valence electrons. The second kappa shape index (κ2) is 3.37. The number of hydrogen-bond acceptors (Lipinski definition) is 3. The minimum Gasteiger partial charge on any atom is -0.313 e. The van der Waals surface area contributed by atoms with Crippen LogP contribution in [-0.2, 0) is 0 Å². The molecule has 1 rings (SSSR count). The summed E-state index contributed by atoms with van der Waals surface area (Å²) in [6.45, 7) is 2.08. The summed E-state index contributed by atoms with van der Waals surface area (Å²) in [6.07, 6.45) is 1.83. The molecule has 1 aromatic rings. The molecule has 0 radical (unpaired) electrons. The molecule has 0 aromatic carbocycles. The Morgan fingerprint density at radius 3 is 3.00 bits per heavy atom. The fraction of sp³-hybridized carbons (Fsp3) is 0.286. The molecule has 10 heavy (non-hydrogen) atoms. The number of aryl methyl sites for hydroxylation is 1. The van der Waals surface area contributed by atoms with Gasteiger partial charge in [-0.05, 0) is 23.9 Å². The lowest BCUT2D eigenvalue weighted by molar-refractivity contribution is 0.908. The normalized spacial score (nSPS) is 10.6. The van der Waals surface area contributed by atoms with Gasteiger partial charge in [-0.3, -0.25) is 0 Å². The SMILES string of the molecule is CN/N=C/c1sccc1C. The summed E-state index contributed by atoms with van der Waals surface area (Å²) >= 11 is 1.70. The highest BCUT2D eigenvalue weighted by molar-refractivity contribution is 7.11. The highest BCUT2D eigenvalue weighted by atomic mass is 32.1. The molecule has 1 aromatic heterocycles. The Labute approximate surface area is 64.6 Å². The van der Waals surface area contributed by atoms with Crippen LogP contribution < -0.4 is 5.43 Å². The summed E-state index contributed by atoms with van der Waals surface area (Å²) in [7, 11) is 1.79. The smallest absolute Gasteiger partial charge is 0.0642 e. The first-order chi connectivity index (χ1) is 4.84. The lowest BCUT2D eigenvalue weighted by atomic mass is 10.3. The van der Waals surface area contributed by atoms with Gasteiger partial charge in [-0.15, -0.1) is 11.3 Å². The lowest BCUT2D eigenvalue weighted by Crippen LogP contribution is -1.93. The molecule has 0 bridgehead atoms. The zero-order valence-electron chi connectivity index (χ0n) is 6.09. The van der Waals surface area contributed by atoms with E-state index in [1.807, 2.05) is 6.21 Å². The van der Waals surface area contributed by atoms with Crippen molar-refractivity contribution < 1.29 is 0 Å². The fourth-order valence-corrected chi connectivity index (χ4v) is 1.43. The summed E-state index contributed by atoms with van der Waals surface area (Å²) < 4.78 is 0. The van der Waals surface area contributed by atoms with Crippen LogP contribution in [0, 0.1) is 6.92 Å². The maximum atomic E-state index is 3.91. The molecule has 0 fully saturated rings. The number of nitrogens with one attached hydrogen (secondary N) is 1. The van der Waals surface area contributed by atoms with Crippen LogP contribution in [0.3, 0.4) is 0 Å². The van der Waals surface area contributed by atoms with E-state index in [1.54, 1.807) is 18.4 Å². The van der Waals surface area contributed by atoms with Crippen molar-refractivity contribution in [2.75, 3.05) is 7.05 Å². The van der Waals surface area contributed by atoms with Crippen molar-refractivity contribution in [3.05, 3.63) is 21.9 Å². The second-order valence-corrected chi connectivity index (χ2v) is 2.90. The minimum absolute atomic E-state index is 1.22. The molecule has 1 N–H and O–H groups in total. The van der Waals surface area contributed by atoms with E-state index in [4.69, 9.17) is 0 Å². The van der Waals surface area contributed by atoms with Crippen LogP contribution in [0.1, 0.15) is 10.4 Å². The zero-order valence-corrected chi connectivity index (χ0v) is 6.90. The van der Waals surface area contributed by atoms with E-state index in [0.717, 1.165) is 0 Å². The van der Waals surface area contributed by atoms with Crippen molar-refractivity contribution >= 4 is 17.6 Å². The molecule has 0 amide bonds. The van der Waals surface area contributed by atoms with Crippen LogP contribution in [-0.4, -0.2) is 13.3 Å². The van der Waals surface area contributed by atoms with Gasteiger partial charge in [0.25, 0.3) is 0 Å². The summed E-state index contributed by atoms with van der Waals surface area (Å²) in [6, 6.07) is 2.08. The third kappa shape index (κ3) is 1.57. The van der Waals surface area contributed by atoms with Gasteiger partial charge in [0, 0.05) is 11.9 Å². The fourth-order valence-electron chi connectivity index (χ4n) is 0.640. The van der Waals surface area contributed by atoms with E-state index in [9.17, 15) is 0 Å². The van der Waals surface area contributed by atoms with E-state index in [1.165, 1.54) is 10.4 Å². The first-order valence-electron chi connectivity index (χ1n) is 3.08. The lowest BCUT2D eigenvalue weighted by Gasteiger charge is -1.87. The average molecular weight is 154 g/mol. The van der Waals surface area contributed by atoms with Crippen molar-refractivity contribution in [3.8, 4) is 0 Å². The topological polar surface area (TPSA) is 24.4 Å². The number of hydrazone groups is 1. The molecular formula is C7H10N2S. The minimum atomic E-state index is 1.22. The van der Waals surface area contributed by atoms with Crippen LogP contribution >= 0.6 is 11.3 Å². The van der Waals surface area contributed by atoms with Crippen LogP contribution in [0.15, 0.2) is 16.5 Å². The highest BCUT2D eigenvalue weighted by Crippen LogP contribution is 2.11. The predicted octanol–water partition coefficient (Wildman–Crippen LogP) is 1.61. The Morgan fingerprint density at radius 2 is 2.50 bits per heavy atom. The Kier molecular flexibility index (Phi) is 2.45. The van der Waals surface area contributed by atoms with Crippen LogP contribution in [0.5, 0.6) is 0 Å². The van der Waals surface area contributed by atoms with Gasteiger partial charge in [0.1, 0.15) is 0 Å². The largest absolute Gasteiger partial charge is 0.313 e. The highest BCUT2D eigenvalue weighted by Gasteiger charge is 1.92. The molecule has 0 spiro atoms. The standard InChI is InChI=1S/C7H10N2S/c1-6-3-4-10-7(6)5-9-8-2/h3-5,8H,1-2H3/b9-5+. The Morgan fingerprint density at radius 1 is 1.70 bits per heavy atom. The van der Waals surface area contributed by atoms with E-state index < -0.39 is 0 Å². The molecule has 0 saturated heterocycles. The molecule has 0 atom stereocenters. The molecule has 0 aliphatic heterocycles. The molecule has 0 aliphatic rings. The van der Waals surface area contributed by atoms with Crippen molar-refractivity contribution in [3.63, 3.8) is 0 Å². The average Bonchev–Trinajstić information content (AvgIpc) is 2.31. The van der Waals surface area contributed by atoms with Gasteiger partial charge < -0.3 is 5.43 Å². The molecule has 3 heteroatoms. The van der Waals surface area contributed by atoms with E-state index in [0.29, 0.717) is 0 Å². The Hall–Kier alpha value is -0.830. The maximum absolute atomic E-state index is 3.91. The number of rotatable bonds is 2. The van der Waals surface area contributed by atoms with Crippen molar-refractivity contribution in [2.45, 2.75) is 6.92 Å². The predicted molar refractivity (Wildman–Crippen MR) is 45.7 cm³/mol. The number of hydrogen-bond donors (Lipinski definition) is 1. The van der Waals surface area contributed by atoms with Crippen molar-refractivity contribution in [1.29, 1.82) is 0 Å². The zero-order chi connectivity index (χ0) is 7.40. The third-order valence-electron chi connectivity index (χ3n) is 1.21. The van der Waals surface area contributed by atoms with Crippen LogP contribution in [0.4, 0.5) is 0 Å². The first-order valence-corrected chi connectivity index (χ1v) is 3.96. The van der Waals surface area contributed by atoms with Crippen LogP contribution in [0.25, 0.3) is 0 Å². The molecule has 2 nitrogen and oxygen atoms in total. The van der Waals surface area contributed by atoms with Gasteiger partial charge in [-0.2, -0.15) is 5.10 Å². The Balaban J connectivity index is 2.74. The van der Waals surface area contributed by atoms with Crippen molar-refractivity contribution in [1.82, 2.24) is 5.43 Å². The summed E-state index contributed by atoms with van der Waals surface area (Å²) in [5.74, 6) is 0.